The van der Waals surface area contributed by atoms with E-state index in [0.29, 0.717) is 30.7 Å². The van der Waals surface area contributed by atoms with E-state index in [-0.39, 0.29) is 62.9 Å². The van der Waals surface area contributed by atoms with E-state index in [1.54, 1.807) is 35.3 Å². The summed E-state index contributed by atoms with van der Waals surface area (Å²) in [5.74, 6) is -1.40. The van der Waals surface area contributed by atoms with Gasteiger partial charge in [-0.15, -0.1) is 13.2 Å². The molecule has 3 aliphatic rings. The first-order valence-corrected chi connectivity index (χ1v) is 20.5. The Morgan fingerprint density at radius 3 is 2.49 bits per heavy atom. The van der Waals surface area contributed by atoms with Gasteiger partial charge >= 0.3 is 6.09 Å². The summed E-state index contributed by atoms with van der Waals surface area (Å²) < 4.78 is 20.3. The highest BCUT2D eigenvalue weighted by Crippen LogP contribution is 2.62. The lowest BCUT2D eigenvalue weighted by Gasteiger charge is -2.60. The molecule has 0 unspecified atom stereocenters. The van der Waals surface area contributed by atoms with E-state index in [9.17, 15) is 20.1 Å². The molecule has 3 aromatic rings. The summed E-state index contributed by atoms with van der Waals surface area (Å²) in [5, 5.41) is 37.7. The average Bonchev–Trinajstić information content (AvgIpc) is 3.19. The molecule has 10 nitrogen and oxygen atoms in total. The molecule has 1 saturated carbocycles. The van der Waals surface area contributed by atoms with E-state index in [1.807, 2.05) is 45.0 Å². The van der Waals surface area contributed by atoms with Gasteiger partial charge in [0.25, 0.3) is 0 Å². The van der Waals surface area contributed by atoms with Crippen molar-refractivity contribution < 1.29 is 39.2 Å². The van der Waals surface area contributed by atoms with Crippen molar-refractivity contribution in [1.82, 2.24) is 4.90 Å². The molecule has 1 fully saturated rings. The van der Waals surface area contributed by atoms with Crippen molar-refractivity contribution in [1.29, 1.82) is 0 Å². The van der Waals surface area contributed by atoms with Gasteiger partial charge in [-0.2, -0.15) is 0 Å². The van der Waals surface area contributed by atoms with Gasteiger partial charge in [0.05, 0.1) is 31.4 Å². The molecule has 57 heavy (non-hydrogen) atoms. The number of hydrogen-bond acceptors (Lipinski definition) is 9. The summed E-state index contributed by atoms with van der Waals surface area (Å²) in [6, 6.07) is 18.7. The Bertz CT molecular complexity index is 1930. The zero-order valence-corrected chi connectivity index (χ0v) is 33.8. The zero-order valence-electron chi connectivity index (χ0n) is 33.8. The van der Waals surface area contributed by atoms with Crippen LogP contribution >= 0.6 is 0 Å². The Labute approximate surface area is 337 Å². The number of fused-ring (bicyclic) bond motifs is 3. The van der Waals surface area contributed by atoms with Crippen LogP contribution in [0.1, 0.15) is 89.2 Å². The van der Waals surface area contributed by atoms with E-state index >= 15 is 0 Å². The maximum atomic E-state index is 14.7. The zero-order chi connectivity index (χ0) is 40.6. The third kappa shape index (κ3) is 9.24. The Morgan fingerprint density at radius 2 is 1.75 bits per heavy atom. The molecule has 2 aliphatic carbocycles. The number of phenolic OH excluding ortho intramolecular Hbond substituents is 1. The van der Waals surface area contributed by atoms with Crippen LogP contribution in [0.3, 0.4) is 0 Å². The second-order valence-electron chi connectivity index (χ2n) is 16.5. The smallest absolute Gasteiger partial charge is 0.410 e. The van der Waals surface area contributed by atoms with Crippen LogP contribution in [0.15, 0.2) is 103 Å². The highest BCUT2D eigenvalue weighted by atomic mass is 16.7. The maximum absolute atomic E-state index is 14.7. The van der Waals surface area contributed by atoms with Crippen LogP contribution < -0.4 is 4.74 Å². The molecule has 0 saturated heterocycles. The number of unbranched alkanes of at least 4 members (excludes halogenated alkanes) is 2. The van der Waals surface area contributed by atoms with Crippen LogP contribution in [0.5, 0.6) is 11.5 Å². The number of amides is 1. The molecule has 0 bridgehead atoms. The topological polar surface area (TPSA) is 130 Å². The van der Waals surface area contributed by atoms with Crippen LogP contribution in [0.2, 0.25) is 0 Å². The van der Waals surface area contributed by atoms with Gasteiger partial charge in [-0.25, -0.2) is 4.79 Å². The summed E-state index contributed by atoms with van der Waals surface area (Å²) >= 11 is 0. The largest absolute Gasteiger partial charge is 0.508 e. The fourth-order valence-electron chi connectivity index (χ4n) is 9.08. The fourth-order valence-corrected chi connectivity index (χ4v) is 9.08. The monoisotopic (exact) mass is 780 g/mol. The Kier molecular flexibility index (Phi) is 13.8. The van der Waals surface area contributed by atoms with Crippen LogP contribution in [0, 0.1) is 17.8 Å². The van der Waals surface area contributed by atoms with Crippen molar-refractivity contribution in [2.75, 3.05) is 26.4 Å². The van der Waals surface area contributed by atoms with Crippen molar-refractivity contribution >= 4 is 22.6 Å². The molecule has 0 spiro atoms. The van der Waals surface area contributed by atoms with E-state index < -0.39 is 29.4 Å². The minimum absolute atomic E-state index is 0.0368. The van der Waals surface area contributed by atoms with Crippen molar-refractivity contribution in [2.45, 2.75) is 102 Å². The van der Waals surface area contributed by atoms with E-state index in [4.69, 9.17) is 24.2 Å². The molecule has 1 heterocycles. The second-order valence-corrected chi connectivity index (χ2v) is 16.5. The van der Waals surface area contributed by atoms with Gasteiger partial charge in [0.1, 0.15) is 23.1 Å². The number of carbonyl (C=O) groups excluding carboxylic acids is 1. The Hall–Kier alpha value is -4.64. The minimum Gasteiger partial charge on any atom is -0.508 e. The van der Waals surface area contributed by atoms with Crippen molar-refractivity contribution in [3.8, 4) is 11.5 Å². The van der Waals surface area contributed by atoms with Gasteiger partial charge in [0.2, 0.25) is 5.79 Å². The number of carbonyl (C=O) groups is 1. The number of nitrogens with zero attached hydrogens (tertiary/aromatic N) is 2. The molecule has 1 aliphatic heterocycles. The van der Waals surface area contributed by atoms with Gasteiger partial charge in [0, 0.05) is 31.1 Å². The number of oxime groups is 1. The SMILES string of the molecule is C=CCCOC(=O)N(Cc1cccc2ccccc12)[C@H]1CC(=NOC(C)(C)C)C2=C[C@H](CCCCO)[C@@H](CCCCO)[C@@H]3c4cc(O)ccc4O[C@@]1(OCC=C)[C@H]23. The predicted octanol–water partition coefficient (Wildman–Crippen LogP) is 9.19. The Balaban J connectivity index is 1.62. The minimum atomic E-state index is -1.46. The summed E-state index contributed by atoms with van der Waals surface area (Å²) in [5.41, 5.74) is 2.81. The van der Waals surface area contributed by atoms with Crippen LogP contribution in [-0.2, 0) is 20.9 Å². The third-order valence-electron chi connectivity index (χ3n) is 11.5. The number of rotatable bonds is 18. The van der Waals surface area contributed by atoms with Gasteiger partial charge in [-0.1, -0.05) is 78.7 Å². The normalized spacial score (nSPS) is 24.5. The average molecular weight is 781 g/mol. The number of benzene rings is 3. The number of phenols is 1. The first kappa shape index (κ1) is 42.0. The molecular weight excluding hydrogens is 721 g/mol. The summed E-state index contributed by atoms with van der Waals surface area (Å²) in [4.78, 5) is 22.7. The van der Waals surface area contributed by atoms with E-state index in [2.05, 4.69) is 37.4 Å². The van der Waals surface area contributed by atoms with Crippen molar-refractivity contribution in [3.63, 3.8) is 0 Å². The molecule has 0 aromatic heterocycles. The van der Waals surface area contributed by atoms with Crippen LogP contribution in [0.25, 0.3) is 10.8 Å². The number of allylic oxidation sites excluding steroid dienone is 1. The third-order valence-corrected chi connectivity index (χ3v) is 11.5. The molecule has 306 valence electrons. The molecule has 3 N–H and O–H groups in total. The van der Waals surface area contributed by atoms with Gasteiger partial charge < -0.3 is 34.4 Å². The lowest BCUT2D eigenvalue weighted by molar-refractivity contribution is -0.256. The van der Waals surface area contributed by atoms with E-state index in [1.165, 1.54) is 0 Å². The standard InChI is InChI=1S/C47H60N2O8/c1-6-8-27-54-45(53)49(31-34-19-15-18-32-16-9-10-20-36(32)34)42-30-40(48-57-46(3,4)5)38-28-33(17-11-13-24-50)37(21-12-14-25-51)43-39-29-35(52)22-23-41(39)56-47(42,44(38)43)55-26-7-2/h6-7,9-10,15-16,18-20,22-23,28-29,33,37,42-44,50-52H,1-2,8,11-14,17,21,24-27,30-31H2,3-5H3/t33-,37+,42-,43+,44+,47+/m0/s1. The van der Waals surface area contributed by atoms with Crippen molar-refractivity contribution in [2.24, 2.45) is 22.9 Å². The predicted molar refractivity (Wildman–Crippen MR) is 223 cm³/mol. The Morgan fingerprint density at radius 1 is 1.00 bits per heavy atom. The number of aliphatic hydroxyl groups excluding tert-OH is 2. The van der Waals surface area contributed by atoms with Gasteiger partial charge in [-0.05, 0) is 105 Å². The quantitative estimate of drug-likeness (QED) is 0.0662. The van der Waals surface area contributed by atoms with Gasteiger partial charge in [-0.3, -0.25) is 4.90 Å². The molecule has 6 rings (SSSR count). The van der Waals surface area contributed by atoms with Gasteiger partial charge in [0.15, 0.2) is 0 Å². The molecule has 6 atom stereocenters. The first-order chi connectivity index (χ1) is 27.5. The summed E-state index contributed by atoms with van der Waals surface area (Å²) in [7, 11) is 0. The molecule has 3 aromatic carbocycles. The number of aliphatic hydroxyl groups is 2. The molecular formula is C47H60N2O8. The molecule has 0 radical (unpaired) electrons. The summed E-state index contributed by atoms with van der Waals surface area (Å²) in [6.45, 7) is 14.4. The molecule has 1 amide bonds. The highest BCUT2D eigenvalue weighted by Gasteiger charge is 2.65. The second kappa shape index (κ2) is 18.7. The first-order valence-electron chi connectivity index (χ1n) is 20.5. The summed E-state index contributed by atoms with van der Waals surface area (Å²) in [6.07, 6.45) is 10.5. The maximum Gasteiger partial charge on any atom is 0.410 e. The number of ether oxygens (including phenoxy) is 3. The number of hydrogen-bond donors (Lipinski definition) is 3. The van der Waals surface area contributed by atoms with Crippen molar-refractivity contribution in [3.05, 3.63) is 109 Å². The fraction of sp³-hybridized carbons (Fsp3) is 0.489. The highest BCUT2D eigenvalue weighted by molar-refractivity contribution is 6.03. The van der Waals surface area contributed by atoms with Crippen LogP contribution in [0.4, 0.5) is 4.79 Å². The van der Waals surface area contributed by atoms with E-state index in [0.717, 1.165) is 53.2 Å². The number of aromatic hydroxyl groups is 1. The van der Waals surface area contributed by atoms with Crippen LogP contribution in [-0.4, -0.2) is 75.9 Å². The molecule has 10 heteroatoms. The lowest BCUT2D eigenvalue weighted by Crippen LogP contribution is -2.70. The lowest BCUT2D eigenvalue weighted by atomic mass is 9.55.